The summed E-state index contributed by atoms with van der Waals surface area (Å²) in [5.74, 6) is -0.136. The van der Waals surface area contributed by atoms with Crippen molar-refractivity contribution in [3.63, 3.8) is 0 Å². The number of hydrogen-bond acceptors (Lipinski definition) is 2. The van der Waals surface area contributed by atoms with Gasteiger partial charge in [-0.15, -0.1) is 0 Å². The van der Waals surface area contributed by atoms with E-state index in [0.29, 0.717) is 19.1 Å². The highest BCUT2D eigenvalue weighted by Crippen LogP contribution is 2.08. The molecular weight excluding hydrogens is 181 g/mol. The predicted octanol–water partition coefficient (Wildman–Crippen LogP) is 1.36. The van der Waals surface area contributed by atoms with Crippen molar-refractivity contribution in [2.75, 3.05) is 19.7 Å². The number of halogens is 1. The van der Waals surface area contributed by atoms with Gasteiger partial charge in [-0.25, -0.2) is 4.39 Å². The standard InChI is InChI=1S/C11H14FNO/c12-11-4-2-1-3-9(11)5-6-14-10-7-13-8-10/h1-4,10,13H,5-8H2. The van der Waals surface area contributed by atoms with Crippen molar-refractivity contribution in [1.82, 2.24) is 5.32 Å². The van der Waals surface area contributed by atoms with Crippen LogP contribution in [0.3, 0.4) is 0 Å². The highest BCUT2D eigenvalue weighted by atomic mass is 19.1. The Morgan fingerprint density at radius 2 is 2.14 bits per heavy atom. The van der Waals surface area contributed by atoms with E-state index in [1.165, 1.54) is 6.07 Å². The summed E-state index contributed by atoms with van der Waals surface area (Å²) in [6, 6.07) is 6.84. The van der Waals surface area contributed by atoms with Crippen molar-refractivity contribution in [2.24, 2.45) is 0 Å². The second-order valence-corrected chi connectivity index (χ2v) is 3.49. The van der Waals surface area contributed by atoms with Crippen LogP contribution < -0.4 is 5.32 Å². The van der Waals surface area contributed by atoms with Gasteiger partial charge in [-0.3, -0.25) is 0 Å². The molecule has 0 amide bonds. The van der Waals surface area contributed by atoms with E-state index in [0.717, 1.165) is 18.7 Å². The topological polar surface area (TPSA) is 21.3 Å². The van der Waals surface area contributed by atoms with Crippen LogP contribution in [0.4, 0.5) is 4.39 Å². The number of nitrogens with one attached hydrogen (secondary N) is 1. The van der Waals surface area contributed by atoms with E-state index in [9.17, 15) is 4.39 Å². The first-order valence-corrected chi connectivity index (χ1v) is 4.92. The molecule has 1 aliphatic heterocycles. The molecule has 1 aromatic carbocycles. The van der Waals surface area contributed by atoms with Gasteiger partial charge in [0, 0.05) is 13.1 Å². The molecule has 0 bridgehead atoms. The first kappa shape index (κ1) is 9.62. The molecule has 76 valence electrons. The largest absolute Gasteiger partial charge is 0.375 e. The molecule has 0 aromatic heterocycles. The van der Waals surface area contributed by atoms with Crippen molar-refractivity contribution < 1.29 is 9.13 Å². The van der Waals surface area contributed by atoms with Gasteiger partial charge in [-0.2, -0.15) is 0 Å². The molecular formula is C11H14FNO. The second kappa shape index (κ2) is 4.53. The zero-order valence-corrected chi connectivity index (χ0v) is 8.00. The fourth-order valence-corrected chi connectivity index (χ4v) is 1.42. The van der Waals surface area contributed by atoms with E-state index in [2.05, 4.69) is 5.32 Å². The molecule has 0 atom stereocenters. The molecule has 0 unspecified atom stereocenters. The van der Waals surface area contributed by atoms with E-state index in [1.807, 2.05) is 6.07 Å². The molecule has 0 saturated carbocycles. The molecule has 0 spiro atoms. The molecule has 2 nitrogen and oxygen atoms in total. The number of benzene rings is 1. The fourth-order valence-electron chi connectivity index (χ4n) is 1.42. The van der Waals surface area contributed by atoms with Crippen molar-refractivity contribution in [1.29, 1.82) is 0 Å². The van der Waals surface area contributed by atoms with E-state index < -0.39 is 0 Å². The van der Waals surface area contributed by atoms with Crippen molar-refractivity contribution in [2.45, 2.75) is 12.5 Å². The van der Waals surface area contributed by atoms with Gasteiger partial charge < -0.3 is 10.1 Å². The third kappa shape index (κ3) is 2.30. The van der Waals surface area contributed by atoms with Crippen LogP contribution in [-0.4, -0.2) is 25.8 Å². The molecule has 1 heterocycles. The van der Waals surface area contributed by atoms with E-state index >= 15 is 0 Å². The smallest absolute Gasteiger partial charge is 0.126 e. The lowest BCUT2D eigenvalue weighted by Gasteiger charge is -2.27. The van der Waals surface area contributed by atoms with Crippen LogP contribution in [0.25, 0.3) is 0 Å². The third-order valence-corrected chi connectivity index (χ3v) is 2.43. The highest BCUT2D eigenvalue weighted by molar-refractivity contribution is 5.17. The maximum atomic E-state index is 13.1. The average Bonchev–Trinajstić information content (AvgIpc) is 2.12. The normalized spacial score (nSPS) is 16.6. The third-order valence-electron chi connectivity index (χ3n) is 2.43. The summed E-state index contributed by atoms with van der Waals surface area (Å²) >= 11 is 0. The summed E-state index contributed by atoms with van der Waals surface area (Å²) < 4.78 is 18.6. The van der Waals surface area contributed by atoms with Crippen LogP contribution in [0.15, 0.2) is 24.3 Å². The van der Waals surface area contributed by atoms with E-state index in [1.54, 1.807) is 12.1 Å². The van der Waals surface area contributed by atoms with Gasteiger partial charge >= 0.3 is 0 Å². The maximum absolute atomic E-state index is 13.1. The maximum Gasteiger partial charge on any atom is 0.126 e. The Labute approximate surface area is 83.1 Å². The molecule has 0 radical (unpaired) electrons. The summed E-state index contributed by atoms with van der Waals surface area (Å²) in [6.07, 6.45) is 0.991. The Bertz CT molecular complexity index is 299. The first-order chi connectivity index (χ1) is 6.86. The van der Waals surface area contributed by atoms with Crippen LogP contribution >= 0.6 is 0 Å². The number of rotatable bonds is 4. The lowest BCUT2D eigenvalue weighted by Crippen LogP contribution is -2.48. The van der Waals surface area contributed by atoms with Gasteiger partial charge in [0.15, 0.2) is 0 Å². The molecule has 2 rings (SSSR count). The predicted molar refractivity (Wildman–Crippen MR) is 52.7 cm³/mol. The van der Waals surface area contributed by atoms with Crippen LogP contribution in [0.5, 0.6) is 0 Å². The highest BCUT2D eigenvalue weighted by Gasteiger charge is 2.16. The Hall–Kier alpha value is -0.930. The fraction of sp³-hybridized carbons (Fsp3) is 0.455. The van der Waals surface area contributed by atoms with Gasteiger partial charge in [0.1, 0.15) is 5.82 Å². The molecule has 1 N–H and O–H groups in total. The van der Waals surface area contributed by atoms with Gasteiger partial charge in [-0.1, -0.05) is 18.2 Å². The lowest BCUT2D eigenvalue weighted by atomic mass is 10.1. The molecule has 14 heavy (non-hydrogen) atoms. The van der Waals surface area contributed by atoms with Crippen LogP contribution in [-0.2, 0) is 11.2 Å². The molecule has 1 saturated heterocycles. The van der Waals surface area contributed by atoms with Gasteiger partial charge in [0.05, 0.1) is 12.7 Å². The zero-order chi connectivity index (χ0) is 9.80. The average molecular weight is 195 g/mol. The molecule has 1 fully saturated rings. The van der Waals surface area contributed by atoms with Gasteiger partial charge in [-0.05, 0) is 18.1 Å². The van der Waals surface area contributed by atoms with E-state index in [-0.39, 0.29) is 5.82 Å². The lowest BCUT2D eigenvalue weighted by molar-refractivity contribution is 0.0205. The van der Waals surface area contributed by atoms with Crippen molar-refractivity contribution >= 4 is 0 Å². The minimum Gasteiger partial charge on any atom is -0.375 e. The molecule has 0 aliphatic carbocycles. The Balaban J connectivity index is 1.76. The van der Waals surface area contributed by atoms with Crippen molar-refractivity contribution in [3.05, 3.63) is 35.6 Å². The van der Waals surface area contributed by atoms with Crippen molar-refractivity contribution in [3.8, 4) is 0 Å². The first-order valence-electron chi connectivity index (χ1n) is 4.92. The summed E-state index contributed by atoms with van der Waals surface area (Å²) in [7, 11) is 0. The number of hydrogen-bond donors (Lipinski definition) is 1. The summed E-state index contributed by atoms with van der Waals surface area (Å²) in [5.41, 5.74) is 0.736. The van der Waals surface area contributed by atoms with Gasteiger partial charge in [0.2, 0.25) is 0 Å². The van der Waals surface area contributed by atoms with Crippen LogP contribution in [0.1, 0.15) is 5.56 Å². The zero-order valence-electron chi connectivity index (χ0n) is 8.00. The summed E-state index contributed by atoms with van der Waals surface area (Å²) in [5, 5.41) is 3.12. The molecule has 1 aliphatic rings. The summed E-state index contributed by atoms with van der Waals surface area (Å²) in [6.45, 7) is 2.46. The minimum atomic E-state index is -0.136. The second-order valence-electron chi connectivity index (χ2n) is 3.49. The van der Waals surface area contributed by atoms with Crippen LogP contribution in [0.2, 0.25) is 0 Å². The Kier molecular flexibility index (Phi) is 3.11. The van der Waals surface area contributed by atoms with Gasteiger partial charge in [0.25, 0.3) is 0 Å². The SMILES string of the molecule is Fc1ccccc1CCOC1CNC1. The van der Waals surface area contributed by atoms with Crippen LogP contribution in [0, 0.1) is 5.82 Å². The van der Waals surface area contributed by atoms with E-state index in [4.69, 9.17) is 4.74 Å². The Morgan fingerprint density at radius 1 is 1.36 bits per heavy atom. The summed E-state index contributed by atoms with van der Waals surface area (Å²) in [4.78, 5) is 0. The monoisotopic (exact) mass is 195 g/mol. The quantitative estimate of drug-likeness (QED) is 0.783. The molecule has 3 heteroatoms. The Morgan fingerprint density at radius 3 is 2.79 bits per heavy atom. The number of ether oxygens (including phenoxy) is 1. The molecule has 1 aromatic rings. The minimum absolute atomic E-state index is 0.136.